The van der Waals surface area contributed by atoms with Gasteiger partial charge in [0.25, 0.3) is 0 Å². The summed E-state index contributed by atoms with van der Waals surface area (Å²) in [6.07, 6.45) is 0. The first-order valence-corrected chi connectivity index (χ1v) is 8.09. The average molecular weight is 362 g/mol. The molecule has 5 nitrogen and oxygen atoms in total. The summed E-state index contributed by atoms with van der Waals surface area (Å²) in [5, 5.41) is 3.64. The average Bonchev–Trinajstić information content (AvgIpc) is 2.62. The predicted octanol–water partition coefficient (Wildman–Crippen LogP) is 3.76. The Bertz CT molecular complexity index is 729. The van der Waals surface area contributed by atoms with E-state index in [1.165, 1.54) is 14.2 Å². The van der Waals surface area contributed by atoms with Crippen LogP contribution in [0.4, 0.5) is 5.69 Å². The van der Waals surface area contributed by atoms with E-state index < -0.39 is 23.9 Å². The fraction of sp³-hybridized carbons (Fsp3) is 0.263. The molecular formula is C19H20ClNO4. The lowest BCUT2D eigenvalue weighted by molar-refractivity contribution is -0.159. The monoisotopic (exact) mass is 361 g/mol. The molecule has 0 aromatic heterocycles. The van der Waals surface area contributed by atoms with Gasteiger partial charge in [0, 0.05) is 10.7 Å². The van der Waals surface area contributed by atoms with Crippen LogP contribution in [-0.4, -0.2) is 26.2 Å². The summed E-state index contributed by atoms with van der Waals surface area (Å²) in [7, 11) is 2.46. The third-order valence-electron chi connectivity index (χ3n) is 3.86. The molecule has 0 aliphatic rings. The number of hydrogen-bond acceptors (Lipinski definition) is 5. The molecule has 0 radical (unpaired) electrons. The number of ether oxygens (including phenoxy) is 2. The Morgan fingerprint density at radius 1 is 0.960 bits per heavy atom. The molecule has 6 heteroatoms. The maximum atomic E-state index is 12.3. The topological polar surface area (TPSA) is 64.6 Å². The van der Waals surface area contributed by atoms with Gasteiger partial charge in [-0.05, 0) is 30.7 Å². The molecule has 132 valence electrons. The lowest BCUT2D eigenvalue weighted by Gasteiger charge is -2.26. The zero-order valence-corrected chi connectivity index (χ0v) is 15.0. The van der Waals surface area contributed by atoms with Crippen molar-refractivity contribution in [3.8, 4) is 0 Å². The lowest BCUT2D eigenvalue weighted by Crippen LogP contribution is -2.36. The molecule has 1 unspecified atom stereocenters. The van der Waals surface area contributed by atoms with Gasteiger partial charge >= 0.3 is 11.9 Å². The van der Waals surface area contributed by atoms with Crippen molar-refractivity contribution < 1.29 is 19.1 Å². The van der Waals surface area contributed by atoms with Crippen molar-refractivity contribution in [3.63, 3.8) is 0 Å². The standard InChI is InChI=1S/C19H20ClNO4/c1-12-8-10-13(11-9-12)21-17(14-6-4-5-7-15(14)20)16(18(22)24-2)19(23)25-3/h4-11,16-17,21H,1-3H3. The van der Waals surface area contributed by atoms with Gasteiger partial charge in [-0.3, -0.25) is 9.59 Å². The molecule has 0 aliphatic carbocycles. The van der Waals surface area contributed by atoms with Crippen molar-refractivity contribution in [3.05, 3.63) is 64.7 Å². The van der Waals surface area contributed by atoms with Gasteiger partial charge in [-0.2, -0.15) is 0 Å². The normalized spacial score (nSPS) is 11.7. The fourth-order valence-electron chi connectivity index (χ4n) is 2.52. The van der Waals surface area contributed by atoms with Crippen molar-refractivity contribution in [2.75, 3.05) is 19.5 Å². The van der Waals surface area contributed by atoms with Crippen LogP contribution in [0.1, 0.15) is 17.2 Å². The number of anilines is 1. The number of nitrogens with one attached hydrogen (secondary N) is 1. The molecule has 0 spiro atoms. The fourth-order valence-corrected chi connectivity index (χ4v) is 2.77. The summed E-state index contributed by atoms with van der Waals surface area (Å²) < 4.78 is 9.62. The maximum absolute atomic E-state index is 12.3. The van der Waals surface area contributed by atoms with Gasteiger partial charge in [-0.25, -0.2) is 0 Å². The number of esters is 2. The molecule has 1 N–H and O–H groups in total. The minimum absolute atomic E-state index is 0.435. The smallest absolute Gasteiger partial charge is 0.322 e. The second kappa shape index (κ2) is 8.53. The number of hydrogen-bond donors (Lipinski definition) is 1. The van der Waals surface area contributed by atoms with Gasteiger partial charge in [0.1, 0.15) is 0 Å². The molecule has 1 atom stereocenters. The molecule has 0 bridgehead atoms. The van der Waals surface area contributed by atoms with E-state index in [1.54, 1.807) is 24.3 Å². The van der Waals surface area contributed by atoms with E-state index in [2.05, 4.69) is 5.32 Å². The largest absolute Gasteiger partial charge is 0.468 e. The molecule has 2 rings (SSSR count). The minimum atomic E-state index is -1.20. The Hall–Kier alpha value is -2.53. The van der Waals surface area contributed by atoms with Gasteiger partial charge < -0.3 is 14.8 Å². The second-order valence-electron chi connectivity index (χ2n) is 5.53. The van der Waals surface area contributed by atoms with Crippen LogP contribution < -0.4 is 5.32 Å². The number of carbonyl (C=O) groups excluding carboxylic acids is 2. The summed E-state index contributed by atoms with van der Waals surface area (Å²) in [6, 6.07) is 13.9. The maximum Gasteiger partial charge on any atom is 0.322 e. The molecular weight excluding hydrogens is 342 g/mol. The highest BCUT2D eigenvalue weighted by Gasteiger charge is 2.39. The van der Waals surface area contributed by atoms with E-state index >= 15 is 0 Å². The predicted molar refractivity (Wildman–Crippen MR) is 96.5 cm³/mol. The van der Waals surface area contributed by atoms with Gasteiger partial charge in [0.2, 0.25) is 0 Å². The van der Waals surface area contributed by atoms with Crippen LogP contribution in [0, 0.1) is 12.8 Å². The summed E-state index contributed by atoms with van der Waals surface area (Å²) in [5.74, 6) is -2.59. The Balaban J connectivity index is 2.50. The van der Waals surface area contributed by atoms with Crippen LogP contribution >= 0.6 is 11.6 Å². The van der Waals surface area contributed by atoms with E-state index in [4.69, 9.17) is 21.1 Å². The van der Waals surface area contributed by atoms with Crippen molar-refractivity contribution in [2.45, 2.75) is 13.0 Å². The molecule has 2 aromatic carbocycles. The first kappa shape index (κ1) is 18.8. The highest BCUT2D eigenvalue weighted by atomic mass is 35.5. The van der Waals surface area contributed by atoms with Crippen molar-refractivity contribution in [2.24, 2.45) is 5.92 Å². The number of halogens is 1. The molecule has 0 saturated heterocycles. The lowest BCUT2D eigenvalue weighted by atomic mass is 9.92. The molecule has 0 fully saturated rings. The molecule has 0 aliphatic heterocycles. The Labute approximate surface area is 151 Å². The van der Waals surface area contributed by atoms with Crippen LogP contribution in [0.5, 0.6) is 0 Å². The Kier molecular flexibility index (Phi) is 6.42. The highest BCUT2D eigenvalue weighted by molar-refractivity contribution is 6.31. The van der Waals surface area contributed by atoms with E-state index in [9.17, 15) is 9.59 Å². The number of rotatable bonds is 6. The van der Waals surface area contributed by atoms with Crippen LogP contribution in [0.2, 0.25) is 5.02 Å². The number of carbonyl (C=O) groups is 2. The first-order chi connectivity index (χ1) is 12.0. The quantitative estimate of drug-likeness (QED) is 0.626. The van der Waals surface area contributed by atoms with E-state index in [0.717, 1.165) is 11.3 Å². The van der Waals surface area contributed by atoms with Gasteiger partial charge in [-0.1, -0.05) is 47.5 Å². The zero-order valence-electron chi connectivity index (χ0n) is 14.3. The summed E-state index contributed by atoms with van der Waals surface area (Å²) in [4.78, 5) is 24.6. The molecule has 0 amide bonds. The van der Waals surface area contributed by atoms with E-state index in [-0.39, 0.29) is 0 Å². The van der Waals surface area contributed by atoms with Gasteiger partial charge in [-0.15, -0.1) is 0 Å². The number of benzene rings is 2. The first-order valence-electron chi connectivity index (χ1n) is 7.71. The third kappa shape index (κ3) is 4.51. The van der Waals surface area contributed by atoms with Crippen LogP contribution in [0.25, 0.3) is 0 Å². The molecule has 0 heterocycles. The summed E-state index contributed by atoms with van der Waals surface area (Å²) >= 11 is 6.31. The highest BCUT2D eigenvalue weighted by Crippen LogP contribution is 2.33. The van der Waals surface area contributed by atoms with Gasteiger partial charge in [0.15, 0.2) is 5.92 Å². The van der Waals surface area contributed by atoms with Crippen LogP contribution in [0.3, 0.4) is 0 Å². The van der Waals surface area contributed by atoms with Crippen LogP contribution in [0.15, 0.2) is 48.5 Å². The van der Waals surface area contributed by atoms with E-state index in [0.29, 0.717) is 10.6 Å². The number of methoxy groups -OCH3 is 2. The van der Waals surface area contributed by atoms with Crippen molar-refractivity contribution >= 4 is 29.2 Å². The summed E-state index contributed by atoms with van der Waals surface area (Å²) in [6.45, 7) is 1.97. The zero-order chi connectivity index (χ0) is 18.4. The van der Waals surface area contributed by atoms with Crippen LogP contribution in [-0.2, 0) is 19.1 Å². The molecule has 2 aromatic rings. The Morgan fingerprint density at radius 3 is 2.04 bits per heavy atom. The summed E-state index contributed by atoms with van der Waals surface area (Å²) in [5.41, 5.74) is 2.44. The van der Waals surface area contributed by atoms with Crippen molar-refractivity contribution in [1.82, 2.24) is 0 Å². The third-order valence-corrected chi connectivity index (χ3v) is 4.20. The molecule has 25 heavy (non-hydrogen) atoms. The van der Waals surface area contributed by atoms with Gasteiger partial charge in [0.05, 0.1) is 20.3 Å². The Morgan fingerprint density at radius 2 is 1.52 bits per heavy atom. The van der Waals surface area contributed by atoms with Crippen molar-refractivity contribution in [1.29, 1.82) is 0 Å². The van der Waals surface area contributed by atoms with E-state index in [1.807, 2.05) is 31.2 Å². The second-order valence-corrected chi connectivity index (χ2v) is 5.94. The minimum Gasteiger partial charge on any atom is -0.468 e. The number of aryl methyl sites for hydroxylation is 1. The SMILES string of the molecule is COC(=O)C(C(=O)OC)C(Nc1ccc(C)cc1)c1ccccc1Cl. The molecule has 0 saturated carbocycles.